The number of hydrogen-bond acceptors (Lipinski definition) is 2. The first-order chi connectivity index (χ1) is 7.15. The first-order valence-corrected chi connectivity index (χ1v) is 4.63. The molecule has 1 aromatic rings. The van der Waals surface area contributed by atoms with E-state index in [-0.39, 0.29) is 12.6 Å². The molecule has 80 valence electrons. The van der Waals surface area contributed by atoms with Gasteiger partial charge in [0.2, 0.25) is 6.41 Å². The Balaban J connectivity index is 2.77. The van der Waals surface area contributed by atoms with Gasteiger partial charge in [0.25, 0.3) is 0 Å². The van der Waals surface area contributed by atoms with Crippen molar-refractivity contribution in [2.75, 3.05) is 6.54 Å². The Kier molecular flexibility index (Phi) is 3.85. The lowest BCUT2D eigenvalue weighted by molar-refractivity contribution is -0.141. The fraction of sp³-hybridized carbons (Fsp3) is 0.273. The van der Waals surface area contributed by atoms with Crippen LogP contribution in [0.1, 0.15) is 18.5 Å². The van der Waals surface area contributed by atoms with Crippen LogP contribution in [0, 0.1) is 0 Å². The second kappa shape index (κ2) is 5.14. The number of carboxylic acids is 1. The van der Waals surface area contributed by atoms with Crippen molar-refractivity contribution in [1.29, 1.82) is 0 Å². The van der Waals surface area contributed by atoms with Gasteiger partial charge in [-0.3, -0.25) is 9.59 Å². The Morgan fingerprint density at radius 1 is 1.47 bits per heavy atom. The fourth-order valence-corrected chi connectivity index (χ4v) is 1.34. The molecule has 4 heteroatoms. The van der Waals surface area contributed by atoms with Crippen LogP contribution in [0.5, 0.6) is 0 Å². The zero-order chi connectivity index (χ0) is 11.3. The summed E-state index contributed by atoms with van der Waals surface area (Å²) < 4.78 is 0. The molecule has 0 aliphatic rings. The quantitative estimate of drug-likeness (QED) is 0.740. The summed E-state index contributed by atoms with van der Waals surface area (Å²) in [5.41, 5.74) is 0.922. The van der Waals surface area contributed by atoms with Gasteiger partial charge in [0.1, 0.15) is 6.54 Å². The molecule has 0 bridgehead atoms. The summed E-state index contributed by atoms with van der Waals surface area (Å²) in [4.78, 5) is 22.5. The summed E-state index contributed by atoms with van der Waals surface area (Å²) in [5, 5.41) is 8.61. The molecule has 0 saturated carbocycles. The van der Waals surface area contributed by atoms with E-state index in [0.717, 1.165) is 5.56 Å². The number of hydrogen-bond donors (Lipinski definition) is 1. The lowest BCUT2D eigenvalue weighted by atomic mass is 10.1. The number of benzene rings is 1. The number of nitrogens with zero attached hydrogens (tertiary/aromatic N) is 1. The van der Waals surface area contributed by atoms with Crippen LogP contribution in [-0.4, -0.2) is 28.9 Å². The van der Waals surface area contributed by atoms with Crippen LogP contribution in [0.2, 0.25) is 0 Å². The summed E-state index contributed by atoms with van der Waals surface area (Å²) in [6.45, 7) is 1.52. The van der Waals surface area contributed by atoms with Crippen molar-refractivity contribution < 1.29 is 14.7 Å². The van der Waals surface area contributed by atoms with Gasteiger partial charge in [0, 0.05) is 0 Å². The van der Waals surface area contributed by atoms with Gasteiger partial charge in [0.05, 0.1) is 6.04 Å². The largest absolute Gasteiger partial charge is 0.480 e. The molecular weight excluding hydrogens is 194 g/mol. The Morgan fingerprint density at radius 2 is 2.07 bits per heavy atom. The minimum atomic E-state index is -1.01. The molecule has 0 aliphatic carbocycles. The maximum atomic E-state index is 10.7. The van der Waals surface area contributed by atoms with Crippen LogP contribution in [0.3, 0.4) is 0 Å². The molecule has 1 aromatic carbocycles. The molecule has 1 rings (SSSR count). The molecule has 0 aliphatic heterocycles. The monoisotopic (exact) mass is 207 g/mol. The maximum absolute atomic E-state index is 10.7. The number of carbonyl (C=O) groups is 2. The van der Waals surface area contributed by atoms with Crippen LogP contribution in [0.4, 0.5) is 0 Å². The normalized spacial score (nSPS) is 11.8. The van der Waals surface area contributed by atoms with E-state index in [2.05, 4.69) is 0 Å². The first-order valence-electron chi connectivity index (χ1n) is 4.63. The lowest BCUT2D eigenvalue weighted by Crippen LogP contribution is -2.31. The van der Waals surface area contributed by atoms with Crippen molar-refractivity contribution in [3.8, 4) is 0 Å². The van der Waals surface area contributed by atoms with E-state index in [1.807, 2.05) is 30.3 Å². The minimum Gasteiger partial charge on any atom is -0.480 e. The van der Waals surface area contributed by atoms with Crippen LogP contribution in [0.15, 0.2) is 30.3 Å². The molecule has 0 saturated heterocycles. The van der Waals surface area contributed by atoms with Crippen LogP contribution in [0.25, 0.3) is 0 Å². The number of amides is 1. The highest BCUT2D eigenvalue weighted by Gasteiger charge is 2.15. The highest BCUT2D eigenvalue weighted by molar-refractivity contribution is 5.72. The fourth-order valence-electron chi connectivity index (χ4n) is 1.34. The van der Waals surface area contributed by atoms with Crippen LogP contribution < -0.4 is 0 Å². The molecule has 1 atom stereocenters. The molecular formula is C11H13NO3. The smallest absolute Gasteiger partial charge is 0.323 e. The Morgan fingerprint density at radius 3 is 2.53 bits per heavy atom. The van der Waals surface area contributed by atoms with Gasteiger partial charge in [-0.1, -0.05) is 30.3 Å². The molecule has 0 spiro atoms. The SMILES string of the molecule is C[C@H](c1ccccc1)N(C=O)CC(=O)O. The summed E-state index contributed by atoms with van der Waals surface area (Å²) in [6.07, 6.45) is 0.561. The second-order valence-electron chi connectivity index (χ2n) is 3.26. The van der Waals surface area contributed by atoms with Crippen molar-refractivity contribution in [2.45, 2.75) is 13.0 Å². The van der Waals surface area contributed by atoms with E-state index in [4.69, 9.17) is 5.11 Å². The van der Waals surface area contributed by atoms with Gasteiger partial charge in [-0.2, -0.15) is 0 Å². The van der Waals surface area contributed by atoms with Crippen molar-refractivity contribution >= 4 is 12.4 Å². The van der Waals surface area contributed by atoms with E-state index in [1.54, 1.807) is 6.92 Å². The molecule has 15 heavy (non-hydrogen) atoms. The van der Waals surface area contributed by atoms with Gasteiger partial charge in [-0.15, -0.1) is 0 Å². The van der Waals surface area contributed by atoms with E-state index >= 15 is 0 Å². The molecule has 1 N–H and O–H groups in total. The van der Waals surface area contributed by atoms with Crippen LogP contribution >= 0.6 is 0 Å². The Hall–Kier alpha value is -1.84. The van der Waals surface area contributed by atoms with Gasteiger partial charge >= 0.3 is 5.97 Å². The highest BCUT2D eigenvalue weighted by Crippen LogP contribution is 2.17. The first kappa shape index (κ1) is 11.2. The number of carbonyl (C=O) groups excluding carboxylic acids is 1. The Labute approximate surface area is 88.1 Å². The molecule has 0 radical (unpaired) electrons. The topological polar surface area (TPSA) is 57.6 Å². The second-order valence-corrected chi connectivity index (χ2v) is 3.26. The van der Waals surface area contributed by atoms with Crippen molar-refractivity contribution in [2.24, 2.45) is 0 Å². The molecule has 4 nitrogen and oxygen atoms in total. The third-order valence-electron chi connectivity index (χ3n) is 2.23. The van der Waals surface area contributed by atoms with Crippen LogP contribution in [-0.2, 0) is 9.59 Å². The summed E-state index contributed by atoms with van der Waals surface area (Å²) in [5.74, 6) is -1.01. The average molecular weight is 207 g/mol. The van der Waals surface area contributed by atoms with Gasteiger partial charge in [0.15, 0.2) is 0 Å². The zero-order valence-electron chi connectivity index (χ0n) is 8.46. The van der Waals surface area contributed by atoms with Crippen molar-refractivity contribution in [3.05, 3.63) is 35.9 Å². The lowest BCUT2D eigenvalue weighted by Gasteiger charge is -2.23. The highest BCUT2D eigenvalue weighted by atomic mass is 16.4. The average Bonchev–Trinajstić information content (AvgIpc) is 2.26. The summed E-state index contributed by atoms with van der Waals surface area (Å²) >= 11 is 0. The molecule has 0 fully saturated rings. The van der Waals surface area contributed by atoms with E-state index in [0.29, 0.717) is 6.41 Å². The molecule has 0 unspecified atom stereocenters. The predicted molar refractivity (Wildman–Crippen MR) is 55.3 cm³/mol. The number of carboxylic acid groups (broad SMARTS) is 1. The van der Waals surface area contributed by atoms with Gasteiger partial charge in [-0.05, 0) is 12.5 Å². The maximum Gasteiger partial charge on any atom is 0.323 e. The summed E-state index contributed by atoms with van der Waals surface area (Å²) in [7, 11) is 0. The third-order valence-corrected chi connectivity index (χ3v) is 2.23. The minimum absolute atomic E-state index is 0.222. The van der Waals surface area contributed by atoms with E-state index in [1.165, 1.54) is 4.90 Å². The molecule has 1 amide bonds. The van der Waals surface area contributed by atoms with Gasteiger partial charge in [-0.25, -0.2) is 0 Å². The predicted octanol–water partition coefficient (Wildman–Crippen LogP) is 1.29. The van der Waals surface area contributed by atoms with E-state index in [9.17, 15) is 9.59 Å². The third kappa shape index (κ3) is 3.09. The Bertz CT molecular complexity index is 337. The van der Waals surface area contributed by atoms with Crippen molar-refractivity contribution in [3.63, 3.8) is 0 Å². The number of rotatable bonds is 5. The molecule has 0 heterocycles. The van der Waals surface area contributed by atoms with E-state index < -0.39 is 5.97 Å². The summed E-state index contributed by atoms with van der Waals surface area (Å²) in [6, 6.07) is 9.09. The molecule has 0 aromatic heterocycles. The van der Waals surface area contributed by atoms with Gasteiger partial charge < -0.3 is 10.0 Å². The van der Waals surface area contributed by atoms with Crippen molar-refractivity contribution in [1.82, 2.24) is 4.90 Å². The number of aliphatic carboxylic acids is 1. The zero-order valence-corrected chi connectivity index (χ0v) is 8.46. The standard InChI is InChI=1S/C11H13NO3/c1-9(10-5-3-2-4-6-10)12(8-13)7-11(14)15/h2-6,8-9H,7H2,1H3,(H,14,15)/t9-/m1/s1.